The van der Waals surface area contributed by atoms with Crippen LogP contribution in [0.1, 0.15) is 27.2 Å². The number of carboxylic acid groups (broad SMARTS) is 1. The van der Waals surface area contributed by atoms with Gasteiger partial charge in [0.15, 0.2) is 9.84 Å². The third-order valence-corrected chi connectivity index (χ3v) is 5.58. The summed E-state index contributed by atoms with van der Waals surface area (Å²) < 4.78 is 23.0. The molecule has 7 heteroatoms. The van der Waals surface area contributed by atoms with Crippen molar-refractivity contribution < 1.29 is 23.4 Å². The SMILES string of the molecule is CC(C)C(C)(O)CN(CC(=O)O)C1CCS(=O)(=O)C1. The van der Waals surface area contributed by atoms with Crippen molar-refractivity contribution >= 4 is 15.8 Å². The molecule has 0 aromatic heterocycles. The second kappa shape index (κ2) is 5.76. The fourth-order valence-corrected chi connectivity index (χ4v) is 3.91. The Morgan fingerprint density at radius 1 is 1.47 bits per heavy atom. The molecule has 1 aliphatic rings. The van der Waals surface area contributed by atoms with E-state index in [0.29, 0.717) is 6.42 Å². The van der Waals surface area contributed by atoms with Gasteiger partial charge in [0.05, 0.1) is 23.7 Å². The molecule has 1 fully saturated rings. The average Bonchev–Trinajstić information content (AvgIpc) is 2.56. The van der Waals surface area contributed by atoms with Gasteiger partial charge in [-0.25, -0.2) is 8.42 Å². The van der Waals surface area contributed by atoms with Gasteiger partial charge in [-0.3, -0.25) is 9.69 Å². The van der Waals surface area contributed by atoms with Crippen molar-refractivity contribution in [2.45, 2.75) is 38.8 Å². The fourth-order valence-electron chi connectivity index (χ4n) is 2.14. The van der Waals surface area contributed by atoms with Gasteiger partial charge in [-0.2, -0.15) is 0 Å². The lowest BCUT2D eigenvalue weighted by molar-refractivity contribution is -0.140. The average molecular weight is 293 g/mol. The first-order valence-corrected chi connectivity index (χ1v) is 8.24. The summed E-state index contributed by atoms with van der Waals surface area (Å²) in [5.74, 6) is -0.975. The van der Waals surface area contributed by atoms with Crippen LogP contribution in [0, 0.1) is 5.92 Å². The molecule has 2 N–H and O–H groups in total. The van der Waals surface area contributed by atoms with Crippen LogP contribution >= 0.6 is 0 Å². The quantitative estimate of drug-likeness (QED) is 0.714. The van der Waals surface area contributed by atoms with Crippen LogP contribution in [0.2, 0.25) is 0 Å². The van der Waals surface area contributed by atoms with Crippen LogP contribution in [0.25, 0.3) is 0 Å². The Bertz CT molecular complexity index is 429. The van der Waals surface area contributed by atoms with Crippen molar-refractivity contribution in [1.29, 1.82) is 0 Å². The minimum atomic E-state index is -3.07. The molecule has 19 heavy (non-hydrogen) atoms. The number of sulfone groups is 1. The van der Waals surface area contributed by atoms with Crippen LogP contribution in [-0.2, 0) is 14.6 Å². The number of hydrogen-bond donors (Lipinski definition) is 2. The van der Waals surface area contributed by atoms with Crippen molar-refractivity contribution in [1.82, 2.24) is 4.90 Å². The molecule has 2 atom stereocenters. The van der Waals surface area contributed by atoms with E-state index in [4.69, 9.17) is 5.11 Å². The molecule has 0 bridgehead atoms. The molecular formula is C12H23NO5S. The van der Waals surface area contributed by atoms with Crippen molar-refractivity contribution in [3.8, 4) is 0 Å². The predicted molar refractivity (Wildman–Crippen MR) is 71.7 cm³/mol. The zero-order chi connectivity index (χ0) is 14.8. The van der Waals surface area contributed by atoms with E-state index in [1.165, 1.54) is 0 Å². The molecular weight excluding hydrogens is 270 g/mol. The van der Waals surface area contributed by atoms with Crippen molar-refractivity contribution in [3.05, 3.63) is 0 Å². The van der Waals surface area contributed by atoms with E-state index in [9.17, 15) is 18.3 Å². The minimum absolute atomic E-state index is 0.0194. The van der Waals surface area contributed by atoms with E-state index in [0.717, 1.165) is 0 Å². The maximum Gasteiger partial charge on any atom is 0.317 e. The van der Waals surface area contributed by atoms with E-state index >= 15 is 0 Å². The summed E-state index contributed by atoms with van der Waals surface area (Å²) in [5, 5.41) is 19.2. The molecule has 112 valence electrons. The molecule has 1 saturated heterocycles. The minimum Gasteiger partial charge on any atom is -0.480 e. The molecule has 1 rings (SSSR count). The lowest BCUT2D eigenvalue weighted by Gasteiger charge is -2.36. The van der Waals surface area contributed by atoms with Crippen LogP contribution in [-0.4, -0.2) is 65.7 Å². The number of aliphatic hydroxyl groups is 1. The van der Waals surface area contributed by atoms with Crippen molar-refractivity contribution in [2.75, 3.05) is 24.6 Å². The highest BCUT2D eigenvalue weighted by molar-refractivity contribution is 7.91. The summed E-state index contributed by atoms with van der Waals surface area (Å²) in [6, 6.07) is -0.314. The number of carboxylic acids is 1. The molecule has 0 aromatic rings. The molecule has 0 aromatic carbocycles. The van der Waals surface area contributed by atoms with Crippen LogP contribution < -0.4 is 0 Å². The van der Waals surface area contributed by atoms with Gasteiger partial charge in [0.25, 0.3) is 0 Å². The molecule has 0 saturated carbocycles. The van der Waals surface area contributed by atoms with Crippen LogP contribution in [0.4, 0.5) is 0 Å². The van der Waals surface area contributed by atoms with Crippen LogP contribution in [0.3, 0.4) is 0 Å². The molecule has 0 amide bonds. The predicted octanol–water partition coefficient (Wildman–Crippen LogP) is -0.0329. The molecule has 0 radical (unpaired) electrons. The summed E-state index contributed by atoms with van der Waals surface area (Å²) in [4.78, 5) is 12.5. The van der Waals surface area contributed by atoms with E-state index in [-0.39, 0.29) is 36.6 Å². The summed E-state index contributed by atoms with van der Waals surface area (Å²) in [5.41, 5.74) is -1.04. The second-order valence-corrected chi connectivity index (χ2v) is 8.10. The number of hydrogen-bond acceptors (Lipinski definition) is 5. The van der Waals surface area contributed by atoms with Crippen molar-refractivity contribution in [3.63, 3.8) is 0 Å². The number of rotatable bonds is 6. The smallest absolute Gasteiger partial charge is 0.317 e. The third-order valence-electron chi connectivity index (χ3n) is 3.83. The van der Waals surface area contributed by atoms with Crippen LogP contribution in [0.15, 0.2) is 0 Å². The topological polar surface area (TPSA) is 94.9 Å². The standard InChI is InChI=1S/C12H23NO5S/c1-9(2)12(3,16)8-13(6-11(14)15)10-4-5-19(17,18)7-10/h9-10,16H,4-8H2,1-3H3,(H,14,15). The Labute approximate surface area is 114 Å². The van der Waals surface area contributed by atoms with Gasteiger partial charge in [0.2, 0.25) is 0 Å². The second-order valence-electron chi connectivity index (χ2n) is 5.87. The lowest BCUT2D eigenvalue weighted by Crippen LogP contribution is -2.50. The van der Waals surface area contributed by atoms with Gasteiger partial charge in [-0.05, 0) is 19.3 Å². The van der Waals surface area contributed by atoms with Gasteiger partial charge in [-0.1, -0.05) is 13.8 Å². The first-order valence-electron chi connectivity index (χ1n) is 6.42. The Balaban J connectivity index is 2.81. The van der Waals surface area contributed by atoms with Crippen LogP contribution in [0.5, 0.6) is 0 Å². The maximum atomic E-state index is 11.5. The zero-order valence-electron chi connectivity index (χ0n) is 11.7. The molecule has 1 aliphatic heterocycles. The summed E-state index contributed by atoms with van der Waals surface area (Å²) in [6.45, 7) is 5.27. The number of nitrogens with zero attached hydrogens (tertiary/aromatic N) is 1. The molecule has 0 spiro atoms. The van der Waals surface area contributed by atoms with Gasteiger partial charge in [0.1, 0.15) is 0 Å². The Kier molecular flexibility index (Phi) is 4.97. The zero-order valence-corrected chi connectivity index (χ0v) is 12.5. The van der Waals surface area contributed by atoms with Gasteiger partial charge < -0.3 is 10.2 Å². The highest BCUT2D eigenvalue weighted by atomic mass is 32.2. The van der Waals surface area contributed by atoms with E-state index in [2.05, 4.69) is 0 Å². The van der Waals surface area contributed by atoms with Crippen molar-refractivity contribution in [2.24, 2.45) is 5.92 Å². The summed E-state index contributed by atoms with van der Waals surface area (Å²) in [6.07, 6.45) is 0.434. The Morgan fingerprint density at radius 3 is 2.42 bits per heavy atom. The fraction of sp³-hybridized carbons (Fsp3) is 0.917. The Morgan fingerprint density at radius 2 is 2.05 bits per heavy atom. The normalized spacial score (nSPS) is 25.7. The largest absolute Gasteiger partial charge is 0.480 e. The highest BCUT2D eigenvalue weighted by Crippen LogP contribution is 2.23. The first-order chi connectivity index (χ1) is 8.53. The molecule has 1 heterocycles. The Hall–Kier alpha value is -0.660. The van der Waals surface area contributed by atoms with Gasteiger partial charge >= 0.3 is 5.97 Å². The summed E-state index contributed by atoms with van der Waals surface area (Å²) >= 11 is 0. The van der Waals surface area contributed by atoms with Gasteiger partial charge in [-0.15, -0.1) is 0 Å². The lowest BCUT2D eigenvalue weighted by atomic mass is 9.91. The molecule has 2 unspecified atom stereocenters. The summed E-state index contributed by atoms with van der Waals surface area (Å²) in [7, 11) is -3.07. The van der Waals surface area contributed by atoms with E-state index in [1.807, 2.05) is 13.8 Å². The monoisotopic (exact) mass is 293 g/mol. The third kappa shape index (κ3) is 4.74. The van der Waals surface area contributed by atoms with E-state index < -0.39 is 21.4 Å². The number of carbonyl (C=O) groups is 1. The van der Waals surface area contributed by atoms with Gasteiger partial charge in [0, 0.05) is 12.6 Å². The molecule has 0 aliphatic carbocycles. The molecule has 6 nitrogen and oxygen atoms in total. The maximum absolute atomic E-state index is 11.5. The first kappa shape index (κ1) is 16.4. The van der Waals surface area contributed by atoms with E-state index in [1.54, 1.807) is 11.8 Å². The highest BCUT2D eigenvalue weighted by Gasteiger charge is 2.37. The number of aliphatic carboxylic acids is 1.